The Kier molecular flexibility index (Phi) is 4.91. The fourth-order valence-electron chi connectivity index (χ4n) is 2.38. The first-order valence-corrected chi connectivity index (χ1v) is 7.85. The molecule has 1 unspecified atom stereocenters. The maximum Gasteiger partial charge on any atom is 0.188 e. The van der Waals surface area contributed by atoms with Crippen molar-refractivity contribution in [3.8, 4) is 0 Å². The normalized spacial score (nSPS) is 12.3. The second-order valence-electron chi connectivity index (χ2n) is 5.09. The molecule has 0 saturated carbocycles. The third-order valence-corrected chi connectivity index (χ3v) is 4.00. The molecule has 1 aromatic heterocycles. The van der Waals surface area contributed by atoms with Crippen molar-refractivity contribution in [1.29, 1.82) is 0 Å². The van der Waals surface area contributed by atoms with E-state index in [1.165, 1.54) is 4.80 Å². The fourth-order valence-corrected chi connectivity index (χ4v) is 2.78. The standard InChI is InChI=1S/C16H15Cl2N5/c1-23-21-15(20-22-23)10-19-16(11-5-3-2-4-6-11)13-9-12(17)7-8-14(13)18/h2-9,16,19H,10H2,1H3. The molecule has 23 heavy (non-hydrogen) atoms. The van der Waals surface area contributed by atoms with E-state index in [1.54, 1.807) is 19.2 Å². The molecule has 0 spiro atoms. The molecule has 0 aliphatic carbocycles. The zero-order chi connectivity index (χ0) is 16.2. The Bertz CT molecular complexity index is 788. The molecular formula is C16H15Cl2N5. The van der Waals surface area contributed by atoms with Crippen LogP contribution < -0.4 is 5.32 Å². The van der Waals surface area contributed by atoms with Gasteiger partial charge in [-0.3, -0.25) is 5.32 Å². The minimum atomic E-state index is -0.119. The van der Waals surface area contributed by atoms with Gasteiger partial charge < -0.3 is 0 Å². The van der Waals surface area contributed by atoms with Gasteiger partial charge in [0.15, 0.2) is 5.82 Å². The van der Waals surface area contributed by atoms with Crippen LogP contribution in [0.15, 0.2) is 48.5 Å². The van der Waals surface area contributed by atoms with Crippen molar-refractivity contribution in [2.45, 2.75) is 12.6 Å². The van der Waals surface area contributed by atoms with Crippen molar-refractivity contribution < 1.29 is 0 Å². The summed E-state index contributed by atoms with van der Waals surface area (Å²) in [5.74, 6) is 0.617. The minimum Gasteiger partial charge on any atom is -0.299 e. The number of nitrogens with one attached hydrogen (secondary N) is 1. The van der Waals surface area contributed by atoms with E-state index in [1.807, 2.05) is 36.4 Å². The lowest BCUT2D eigenvalue weighted by atomic mass is 9.98. The largest absolute Gasteiger partial charge is 0.299 e. The van der Waals surface area contributed by atoms with E-state index >= 15 is 0 Å². The van der Waals surface area contributed by atoms with Crippen molar-refractivity contribution in [3.05, 3.63) is 75.5 Å². The van der Waals surface area contributed by atoms with Gasteiger partial charge in [-0.1, -0.05) is 53.5 Å². The molecule has 0 aliphatic rings. The molecule has 3 rings (SSSR count). The molecule has 1 heterocycles. The summed E-state index contributed by atoms with van der Waals surface area (Å²) in [6, 6.07) is 15.4. The van der Waals surface area contributed by atoms with Gasteiger partial charge in [-0.15, -0.1) is 10.2 Å². The molecule has 0 fully saturated rings. The van der Waals surface area contributed by atoms with E-state index in [0.717, 1.165) is 11.1 Å². The van der Waals surface area contributed by atoms with Crippen LogP contribution in [0.25, 0.3) is 0 Å². The van der Waals surface area contributed by atoms with Gasteiger partial charge in [0.2, 0.25) is 0 Å². The van der Waals surface area contributed by atoms with Gasteiger partial charge in [-0.05, 0) is 34.5 Å². The maximum absolute atomic E-state index is 6.38. The average Bonchev–Trinajstić information content (AvgIpc) is 2.97. The Hall–Kier alpha value is -1.95. The predicted octanol–water partition coefficient (Wildman–Crippen LogP) is 3.40. The molecule has 0 bridgehead atoms. The lowest BCUT2D eigenvalue weighted by molar-refractivity contribution is 0.580. The van der Waals surface area contributed by atoms with E-state index in [0.29, 0.717) is 22.4 Å². The number of nitrogens with zero attached hydrogens (tertiary/aromatic N) is 4. The molecule has 7 heteroatoms. The molecule has 118 valence electrons. The second-order valence-corrected chi connectivity index (χ2v) is 5.93. The number of aryl methyl sites for hydroxylation is 1. The van der Waals surface area contributed by atoms with E-state index in [9.17, 15) is 0 Å². The van der Waals surface area contributed by atoms with Gasteiger partial charge in [0, 0.05) is 10.0 Å². The number of aromatic nitrogens is 4. The highest BCUT2D eigenvalue weighted by molar-refractivity contribution is 6.33. The summed E-state index contributed by atoms with van der Waals surface area (Å²) in [6.07, 6.45) is 0. The number of hydrogen-bond acceptors (Lipinski definition) is 4. The first-order valence-electron chi connectivity index (χ1n) is 7.09. The third-order valence-electron chi connectivity index (χ3n) is 3.42. The summed E-state index contributed by atoms with van der Waals surface area (Å²) < 4.78 is 0. The summed E-state index contributed by atoms with van der Waals surface area (Å²) in [7, 11) is 1.74. The van der Waals surface area contributed by atoms with Crippen molar-refractivity contribution in [1.82, 2.24) is 25.5 Å². The summed E-state index contributed by atoms with van der Waals surface area (Å²) in [5, 5.41) is 16.7. The quantitative estimate of drug-likeness (QED) is 0.768. The molecule has 1 N–H and O–H groups in total. The van der Waals surface area contributed by atoms with Crippen molar-refractivity contribution in [3.63, 3.8) is 0 Å². The molecule has 0 saturated heterocycles. The van der Waals surface area contributed by atoms with Crippen LogP contribution in [0.1, 0.15) is 23.0 Å². The van der Waals surface area contributed by atoms with Crippen molar-refractivity contribution >= 4 is 23.2 Å². The van der Waals surface area contributed by atoms with E-state index < -0.39 is 0 Å². The van der Waals surface area contributed by atoms with Crippen molar-refractivity contribution in [2.24, 2.45) is 7.05 Å². The highest BCUT2D eigenvalue weighted by Gasteiger charge is 2.18. The van der Waals surface area contributed by atoms with Gasteiger partial charge >= 0.3 is 0 Å². The number of rotatable bonds is 5. The van der Waals surface area contributed by atoms with Crippen LogP contribution in [0.2, 0.25) is 10.0 Å². The van der Waals surface area contributed by atoms with Crippen LogP contribution in [0.4, 0.5) is 0 Å². The first-order chi connectivity index (χ1) is 11.1. The molecular weight excluding hydrogens is 333 g/mol. The molecule has 0 amide bonds. The van der Waals surface area contributed by atoms with Crippen LogP contribution >= 0.6 is 23.2 Å². The summed E-state index contributed by atoms with van der Waals surface area (Å²) in [4.78, 5) is 1.43. The van der Waals surface area contributed by atoms with E-state index in [-0.39, 0.29) is 6.04 Å². The summed E-state index contributed by atoms with van der Waals surface area (Å²) in [5.41, 5.74) is 2.00. The van der Waals surface area contributed by atoms with Crippen LogP contribution in [0.3, 0.4) is 0 Å². The lowest BCUT2D eigenvalue weighted by Gasteiger charge is -2.20. The monoisotopic (exact) mass is 347 g/mol. The Labute approximate surface area is 144 Å². The van der Waals surface area contributed by atoms with Gasteiger partial charge in [0.25, 0.3) is 0 Å². The van der Waals surface area contributed by atoms with Crippen LogP contribution in [-0.4, -0.2) is 20.2 Å². The Morgan fingerprint density at radius 2 is 1.91 bits per heavy atom. The highest BCUT2D eigenvalue weighted by atomic mass is 35.5. The smallest absolute Gasteiger partial charge is 0.188 e. The average molecular weight is 348 g/mol. The Morgan fingerprint density at radius 3 is 2.61 bits per heavy atom. The predicted molar refractivity (Wildman–Crippen MR) is 90.4 cm³/mol. The van der Waals surface area contributed by atoms with Gasteiger partial charge in [-0.25, -0.2) is 0 Å². The summed E-state index contributed by atoms with van der Waals surface area (Å²) in [6.45, 7) is 0.468. The number of hydrogen-bond donors (Lipinski definition) is 1. The maximum atomic E-state index is 6.38. The first kappa shape index (κ1) is 15.9. The second kappa shape index (κ2) is 7.08. The Balaban J connectivity index is 1.92. The topological polar surface area (TPSA) is 55.6 Å². The molecule has 0 aliphatic heterocycles. The van der Waals surface area contributed by atoms with Crippen molar-refractivity contribution in [2.75, 3.05) is 0 Å². The number of tetrazole rings is 1. The molecule has 3 aromatic rings. The van der Waals surface area contributed by atoms with Crippen LogP contribution in [-0.2, 0) is 13.6 Å². The fraction of sp³-hybridized carbons (Fsp3) is 0.188. The third kappa shape index (κ3) is 3.88. The van der Waals surface area contributed by atoms with Crippen LogP contribution in [0, 0.1) is 0 Å². The SMILES string of the molecule is Cn1nnc(CNC(c2ccccc2)c2cc(Cl)ccc2Cl)n1. The molecule has 0 radical (unpaired) electrons. The summed E-state index contributed by atoms with van der Waals surface area (Å²) >= 11 is 12.5. The Morgan fingerprint density at radius 1 is 1.13 bits per heavy atom. The van der Waals surface area contributed by atoms with Gasteiger partial charge in [0.05, 0.1) is 19.6 Å². The van der Waals surface area contributed by atoms with E-state index in [2.05, 4.69) is 20.7 Å². The van der Waals surface area contributed by atoms with Crippen LogP contribution in [0.5, 0.6) is 0 Å². The zero-order valence-electron chi connectivity index (χ0n) is 12.4. The van der Waals surface area contributed by atoms with E-state index in [4.69, 9.17) is 23.2 Å². The minimum absolute atomic E-state index is 0.119. The van der Waals surface area contributed by atoms with Gasteiger partial charge in [-0.2, -0.15) is 4.80 Å². The lowest BCUT2D eigenvalue weighted by Crippen LogP contribution is -2.23. The molecule has 1 atom stereocenters. The molecule has 5 nitrogen and oxygen atoms in total. The zero-order valence-corrected chi connectivity index (χ0v) is 14.0. The highest BCUT2D eigenvalue weighted by Crippen LogP contribution is 2.30. The number of benzene rings is 2. The van der Waals surface area contributed by atoms with Gasteiger partial charge in [0.1, 0.15) is 0 Å². The molecule has 2 aromatic carbocycles. The number of halogens is 2.